The van der Waals surface area contributed by atoms with Crippen molar-refractivity contribution in [3.8, 4) is 10.6 Å². The number of carbonyl (C=O) groups excluding carboxylic acids is 1. The average molecular weight is 398 g/mol. The molecule has 150 valence electrons. The van der Waals surface area contributed by atoms with Crippen molar-refractivity contribution in [3.63, 3.8) is 0 Å². The maximum absolute atomic E-state index is 13.2. The number of piperidine rings is 1. The molecular formula is C23H31N3OS. The van der Waals surface area contributed by atoms with Gasteiger partial charge in [0.05, 0.1) is 5.69 Å². The van der Waals surface area contributed by atoms with Crippen LogP contribution in [0.25, 0.3) is 10.6 Å². The van der Waals surface area contributed by atoms with Crippen LogP contribution < -0.4 is 0 Å². The highest BCUT2D eigenvalue weighted by Crippen LogP contribution is 2.30. The number of hydrogen-bond donors (Lipinski definition) is 0. The summed E-state index contributed by atoms with van der Waals surface area (Å²) < 4.78 is 0. The van der Waals surface area contributed by atoms with Gasteiger partial charge in [-0.1, -0.05) is 36.6 Å². The zero-order valence-corrected chi connectivity index (χ0v) is 17.9. The van der Waals surface area contributed by atoms with Crippen LogP contribution in [0.2, 0.25) is 0 Å². The quantitative estimate of drug-likeness (QED) is 0.738. The first-order valence-electron chi connectivity index (χ1n) is 10.7. The fourth-order valence-corrected chi connectivity index (χ4v) is 5.56. The Morgan fingerprint density at radius 2 is 1.75 bits per heavy atom. The summed E-state index contributed by atoms with van der Waals surface area (Å²) in [4.78, 5) is 23.4. The van der Waals surface area contributed by atoms with E-state index in [9.17, 15) is 4.79 Å². The van der Waals surface area contributed by atoms with Gasteiger partial charge in [-0.05, 0) is 58.7 Å². The van der Waals surface area contributed by atoms with Crippen LogP contribution in [0.5, 0.6) is 0 Å². The smallest absolute Gasteiger partial charge is 0.265 e. The Labute approximate surface area is 172 Å². The van der Waals surface area contributed by atoms with Crippen molar-refractivity contribution >= 4 is 17.2 Å². The molecule has 1 aromatic heterocycles. The molecule has 0 unspecified atom stereocenters. The van der Waals surface area contributed by atoms with Crippen LogP contribution in [0.3, 0.4) is 0 Å². The van der Waals surface area contributed by atoms with Crippen LogP contribution in [-0.2, 0) is 0 Å². The normalized spacial score (nSPS) is 19.6. The van der Waals surface area contributed by atoms with Gasteiger partial charge in [-0.2, -0.15) is 0 Å². The summed E-state index contributed by atoms with van der Waals surface area (Å²) in [7, 11) is 0. The maximum Gasteiger partial charge on any atom is 0.265 e. The van der Waals surface area contributed by atoms with Crippen LogP contribution in [0.4, 0.5) is 0 Å². The third-order valence-corrected chi connectivity index (χ3v) is 7.36. The molecule has 3 heterocycles. The number of aryl methyl sites for hydroxylation is 2. The van der Waals surface area contributed by atoms with E-state index in [0.29, 0.717) is 6.04 Å². The molecule has 0 bridgehead atoms. The van der Waals surface area contributed by atoms with E-state index in [1.807, 2.05) is 6.92 Å². The third-order valence-electron chi connectivity index (χ3n) is 6.16. The lowest BCUT2D eigenvalue weighted by atomic mass is 10.0. The second kappa shape index (κ2) is 8.75. The standard InChI is InChI=1S/C23H31N3OS/c1-17-8-7-9-19(16-17)22-24-18(2)21(28-22)23(27)26-14-10-20(11-15-26)25-12-5-3-4-6-13-25/h7-9,16,20H,3-6,10-15H2,1-2H3. The van der Waals surface area contributed by atoms with E-state index in [0.717, 1.165) is 47.1 Å². The van der Waals surface area contributed by atoms with E-state index < -0.39 is 0 Å². The molecule has 28 heavy (non-hydrogen) atoms. The number of carbonyl (C=O) groups is 1. The number of rotatable bonds is 3. The van der Waals surface area contributed by atoms with Gasteiger partial charge in [-0.15, -0.1) is 11.3 Å². The van der Waals surface area contributed by atoms with Crippen molar-refractivity contribution in [1.82, 2.24) is 14.8 Å². The summed E-state index contributed by atoms with van der Waals surface area (Å²) >= 11 is 1.54. The van der Waals surface area contributed by atoms with E-state index in [1.165, 1.54) is 44.3 Å². The van der Waals surface area contributed by atoms with Crippen molar-refractivity contribution in [3.05, 3.63) is 40.4 Å². The first-order valence-corrected chi connectivity index (χ1v) is 11.5. The van der Waals surface area contributed by atoms with E-state index in [2.05, 4.69) is 41.0 Å². The molecule has 0 spiro atoms. The van der Waals surface area contributed by atoms with Gasteiger partial charge in [-0.25, -0.2) is 4.98 Å². The molecule has 4 rings (SSSR count). The first-order chi connectivity index (χ1) is 13.6. The van der Waals surface area contributed by atoms with E-state index in [-0.39, 0.29) is 5.91 Å². The molecular weight excluding hydrogens is 366 g/mol. The molecule has 2 fully saturated rings. The zero-order chi connectivity index (χ0) is 19.5. The molecule has 4 nitrogen and oxygen atoms in total. The molecule has 0 saturated carbocycles. The lowest BCUT2D eigenvalue weighted by Gasteiger charge is -2.38. The predicted octanol–water partition coefficient (Wildman–Crippen LogP) is 4.91. The summed E-state index contributed by atoms with van der Waals surface area (Å²) in [6.07, 6.45) is 7.63. The molecule has 2 aliphatic rings. The fraction of sp³-hybridized carbons (Fsp3) is 0.565. The highest BCUT2D eigenvalue weighted by molar-refractivity contribution is 7.17. The van der Waals surface area contributed by atoms with Crippen LogP contribution in [0, 0.1) is 13.8 Å². The minimum Gasteiger partial charge on any atom is -0.338 e. The van der Waals surface area contributed by atoms with Crippen molar-refractivity contribution in [2.24, 2.45) is 0 Å². The number of likely N-dealkylation sites (tertiary alicyclic amines) is 2. The number of benzene rings is 1. The predicted molar refractivity (Wildman–Crippen MR) is 116 cm³/mol. The van der Waals surface area contributed by atoms with E-state index >= 15 is 0 Å². The number of hydrogen-bond acceptors (Lipinski definition) is 4. The number of thiazole rings is 1. The van der Waals surface area contributed by atoms with Gasteiger partial charge < -0.3 is 9.80 Å². The van der Waals surface area contributed by atoms with Gasteiger partial charge in [0, 0.05) is 24.7 Å². The second-order valence-corrected chi connectivity index (χ2v) is 9.28. The van der Waals surface area contributed by atoms with Crippen molar-refractivity contribution in [1.29, 1.82) is 0 Å². The number of nitrogens with zero attached hydrogens (tertiary/aromatic N) is 3. The highest BCUT2D eigenvalue weighted by atomic mass is 32.1. The Morgan fingerprint density at radius 1 is 1.04 bits per heavy atom. The summed E-state index contributed by atoms with van der Waals surface area (Å²) in [6, 6.07) is 9.01. The van der Waals surface area contributed by atoms with Gasteiger partial charge in [0.2, 0.25) is 0 Å². The lowest BCUT2D eigenvalue weighted by Crippen LogP contribution is -2.47. The summed E-state index contributed by atoms with van der Waals surface area (Å²) in [6.45, 7) is 8.28. The van der Waals surface area contributed by atoms with Gasteiger partial charge >= 0.3 is 0 Å². The average Bonchev–Trinajstić information content (AvgIpc) is 2.91. The molecule has 2 aliphatic heterocycles. The monoisotopic (exact) mass is 397 g/mol. The highest BCUT2D eigenvalue weighted by Gasteiger charge is 2.29. The van der Waals surface area contributed by atoms with Gasteiger partial charge in [-0.3, -0.25) is 4.79 Å². The Balaban J connectivity index is 1.41. The zero-order valence-electron chi connectivity index (χ0n) is 17.1. The molecule has 2 aromatic rings. The molecule has 0 atom stereocenters. The third kappa shape index (κ3) is 4.31. The molecule has 2 saturated heterocycles. The first kappa shape index (κ1) is 19.6. The van der Waals surface area contributed by atoms with Crippen LogP contribution >= 0.6 is 11.3 Å². The molecule has 0 radical (unpaired) electrons. The minimum absolute atomic E-state index is 0.170. The van der Waals surface area contributed by atoms with E-state index in [1.54, 1.807) is 11.3 Å². The Morgan fingerprint density at radius 3 is 2.43 bits per heavy atom. The fourth-order valence-electron chi connectivity index (χ4n) is 4.53. The molecule has 0 N–H and O–H groups in total. The summed E-state index contributed by atoms with van der Waals surface area (Å²) in [5, 5.41) is 0.948. The molecule has 1 amide bonds. The minimum atomic E-state index is 0.170. The van der Waals surface area contributed by atoms with Crippen LogP contribution in [0.1, 0.15) is 59.5 Å². The van der Waals surface area contributed by atoms with Crippen molar-refractivity contribution in [2.75, 3.05) is 26.2 Å². The molecule has 0 aliphatic carbocycles. The molecule has 1 aromatic carbocycles. The Bertz CT molecular complexity index is 815. The SMILES string of the molecule is Cc1cccc(-c2nc(C)c(C(=O)N3CCC(N4CCCCCC4)CC3)s2)c1. The van der Waals surface area contributed by atoms with Gasteiger partial charge in [0.15, 0.2) is 0 Å². The summed E-state index contributed by atoms with van der Waals surface area (Å²) in [5.41, 5.74) is 3.18. The van der Waals surface area contributed by atoms with Crippen LogP contribution in [-0.4, -0.2) is 52.9 Å². The maximum atomic E-state index is 13.2. The molecule has 5 heteroatoms. The number of amides is 1. The van der Waals surface area contributed by atoms with Gasteiger partial charge in [0.1, 0.15) is 9.88 Å². The topological polar surface area (TPSA) is 36.4 Å². The van der Waals surface area contributed by atoms with E-state index in [4.69, 9.17) is 4.98 Å². The van der Waals surface area contributed by atoms with Crippen molar-refractivity contribution in [2.45, 2.75) is 58.4 Å². The van der Waals surface area contributed by atoms with Crippen molar-refractivity contribution < 1.29 is 4.79 Å². The Kier molecular flexibility index (Phi) is 6.12. The Hall–Kier alpha value is -1.72. The van der Waals surface area contributed by atoms with Gasteiger partial charge in [0.25, 0.3) is 5.91 Å². The second-order valence-electron chi connectivity index (χ2n) is 8.28. The van der Waals surface area contributed by atoms with Crippen LogP contribution in [0.15, 0.2) is 24.3 Å². The largest absolute Gasteiger partial charge is 0.338 e. The lowest BCUT2D eigenvalue weighted by molar-refractivity contribution is 0.0626. The number of aromatic nitrogens is 1. The summed E-state index contributed by atoms with van der Waals surface area (Å²) in [5.74, 6) is 0.170.